The summed E-state index contributed by atoms with van der Waals surface area (Å²) in [6.07, 6.45) is 3.14. The number of halogens is 1. The van der Waals surface area contributed by atoms with Crippen molar-refractivity contribution in [3.05, 3.63) is 53.7 Å². The van der Waals surface area contributed by atoms with Crippen molar-refractivity contribution in [2.45, 2.75) is 26.4 Å². The molecular weight excluding hydrogens is 658 g/mol. The number of piperazine rings is 1. The van der Waals surface area contributed by atoms with Crippen LogP contribution in [-0.4, -0.2) is 110 Å². The van der Waals surface area contributed by atoms with Crippen LogP contribution in [0.1, 0.15) is 20.8 Å². The van der Waals surface area contributed by atoms with Crippen LogP contribution in [0.2, 0.25) is 5.02 Å². The van der Waals surface area contributed by atoms with Crippen molar-refractivity contribution in [2.24, 2.45) is 0 Å². The number of carbonyl (C=O) groups excluding carboxylic acids is 1. The number of carbonyl (C=O) groups is 1. The molecule has 0 bridgehead atoms. The average Bonchev–Trinajstić information content (AvgIpc) is 3.05. The van der Waals surface area contributed by atoms with Gasteiger partial charge in [0.2, 0.25) is 5.95 Å². The minimum atomic E-state index is -1.21. The molecule has 1 fully saturated rings. The third kappa shape index (κ3) is 11.2. The smallest absolute Gasteiger partial charge is 0.332 e. The van der Waals surface area contributed by atoms with Crippen molar-refractivity contribution in [2.75, 3.05) is 99.4 Å². The fourth-order valence-electron chi connectivity index (χ4n) is 4.91. The topological polar surface area (TPSA) is 131 Å². The standard InChI is InChI=1S/C33H46ClN7O6S/c1-33(2,3)47-30(42)23-46-20-19-45-18-17-40-13-15-41(16-14-40)24-11-12-27(29(21-24)44-5)37-32-35-22-25(34)31(38-32)36-26-9-7-8-10-28(26)39(4)48(6)43/h7-12,21-22H,13-20,23H2,1-6H3,(H2,35,36,37,38). The van der Waals surface area contributed by atoms with Gasteiger partial charge in [-0.1, -0.05) is 23.7 Å². The van der Waals surface area contributed by atoms with E-state index in [1.165, 1.54) is 6.20 Å². The highest BCUT2D eigenvalue weighted by Crippen LogP contribution is 2.34. The molecule has 2 heterocycles. The lowest BCUT2D eigenvalue weighted by Crippen LogP contribution is -2.47. The maximum absolute atomic E-state index is 12.1. The highest BCUT2D eigenvalue weighted by Gasteiger charge is 2.20. The van der Waals surface area contributed by atoms with Crippen LogP contribution in [0.25, 0.3) is 0 Å². The Kier molecular flexibility index (Phi) is 13.6. The van der Waals surface area contributed by atoms with Crippen molar-refractivity contribution in [3.8, 4) is 5.75 Å². The summed E-state index contributed by atoms with van der Waals surface area (Å²) in [5.74, 6) is 1.02. The maximum Gasteiger partial charge on any atom is 0.332 e. The van der Waals surface area contributed by atoms with Crippen LogP contribution in [0.4, 0.5) is 34.5 Å². The number of anilines is 6. The van der Waals surface area contributed by atoms with Gasteiger partial charge in [0, 0.05) is 57.8 Å². The fourth-order valence-corrected chi connectivity index (χ4v) is 5.48. The number of nitrogens with one attached hydrogen (secondary N) is 2. The van der Waals surface area contributed by atoms with Gasteiger partial charge in [0.1, 0.15) is 34.0 Å². The zero-order valence-corrected chi connectivity index (χ0v) is 30.0. The molecule has 48 heavy (non-hydrogen) atoms. The first kappa shape index (κ1) is 37.1. The lowest BCUT2D eigenvalue weighted by molar-refractivity contribution is -0.160. The Morgan fingerprint density at radius 3 is 2.46 bits per heavy atom. The minimum absolute atomic E-state index is 0.0732. The Balaban J connectivity index is 1.26. The molecule has 262 valence electrons. The lowest BCUT2D eigenvalue weighted by atomic mass is 10.2. The molecule has 1 saturated heterocycles. The second kappa shape index (κ2) is 17.6. The summed E-state index contributed by atoms with van der Waals surface area (Å²) in [7, 11) is 2.18. The van der Waals surface area contributed by atoms with Crippen molar-refractivity contribution in [1.29, 1.82) is 0 Å². The third-order valence-corrected chi connectivity index (χ3v) is 8.60. The van der Waals surface area contributed by atoms with Crippen LogP contribution in [0, 0.1) is 0 Å². The second-order valence-electron chi connectivity index (χ2n) is 12.0. The minimum Gasteiger partial charge on any atom is -0.494 e. The first-order valence-electron chi connectivity index (χ1n) is 15.7. The number of para-hydroxylation sites is 2. The molecule has 0 amide bonds. The summed E-state index contributed by atoms with van der Waals surface area (Å²) in [6.45, 7) is 11.1. The van der Waals surface area contributed by atoms with Crippen LogP contribution in [-0.2, 0) is 30.0 Å². The molecule has 15 heteroatoms. The number of aromatic nitrogens is 2. The van der Waals surface area contributed by atoms with Gasteiger partial charge in [0.25, 0.3) is 0 Å². The number of rotatable bonds is 16. The molecule has 0 radical (unpaired) electrons. The zero-order chi connectivity index (χ0) is 34.7. The summed E-state index contributed by atoms with van der Waals surface area (Å²) < 4.78 is 35.8. The molecule has 1 atom stereocenters. The van der Waals surface area contributed by atoms with E-state index in [0.717, 1.165) is 44.1 Å². The van der Waals surface area contributed by atoms with E-state index >= 15 is 0 Å². The number of benzene rings is 2. The predicted molar refractivity (Wildman–Crippen MR) is 192 cm³/mol. The fraction of sp³-hybridized carbons (Fsp3) is 0.485. The lowest BCUT2D eigenvalue weighted by Gasteiger charge is -2.36. The summed E-state index contributed by atoms with van der Waals surface area (Å²) >= 11 is 6.45. The molecule has 13 nitrogen and oxygen atoms in total. The molecule has 2 aromatic carbocycles. The van der Waals surface area contributed by atoms with Crippen LogP contribution >= 0.6 is 11.6 Å². The van der Waals surface area contributed by atoms with Crippen LogP contribution in [0.5, 0.6) is 5.75 Å². The van der Waals surface area contributed by atoms with Gasteiger partial charge in [-0.25, -0.2) is 14.0 Å². The van der Waals surface area contributed by atoms with Gasteiger partial charge in [0.15, 0.2) is 5.82 Å². The average molecular weight is 704 g/mol. The first-order valence-corrected chi connectivity index (χ1v) is 17.6. The van der Waals surface area contributed by atoms with Crippen molar-refractivity contribution in [3.63, 3.8) is 0 Å². The number of hydrogen-bond donors (Lipinski definition) is 2. The van der Waals surface area contributed by atoms with Crippen LogP contribution in [0.3, 0.4) is 0 Å². The molecule has 4 rings (SSSR count). The Bertz CT molecular complexity index is 1530. The second-order valence-corrected chi connectivity index (χ2v) is 13.8. The molecule has 1 aliphatic rings. The molecule has 2 N–H and O–H groups in total. The van der Waals surface area contributed by atoms with E-state index in [1.807, 2.05) is 63.2 Å². The van der Waals surface area contributed by atoms with E-state index in [9.17, 15) is 9.00 Å². The van der Waals surface area contributed by atoms with Gasteiger partial charge in [0.05, 0.1) is 50.2 Å². The number of hydrogen-bond acceptors (Lipinski definition) is 12. The molecular formula is C33H46ClN7O6S. The SMILES string of the molecule is COc1cc(N2CCN(CCOCCOCC(=O)OC(C)(C)C)CC2)ccc1Nc1ncc(Cl)c(Nc2ccccc2N(C)S(C)=O)n1. The number of esters is 1. The van der Waals surface area contributed by atoms with Gasteiger partial charge in [-0.2, -0.15) is 4.98 Å². The van der Waals surface area contributed by atoms with E-state index in [4.69, 9.17) is 30.5 Å². The Hall–Kier alpha value is -3.69. The normalized spacial score (nSPS) is 14.4. The summed E-state index contributed by atoms with van der Waals surface area (Å²) in [5.41, 5.74) is 2.70. The molecule has 1 aliphatic heterocycles. The summed E-state index contributed by atoms with van der Waals surface area (Å²) in [5, 5.41) is 6.84. The largest absolute Gasteiger partial charge is 0.494 e. The van der Waals surface area contributed by atoms with E-state index in [-0.39, 0.29) is 12.6 Å². The molecule has 0 aliphatic carbocycles. The molecule has 1 aromatic heterocycles. The van der Waals surface area contributed by atoms with Gasteiger partial charge < -0.3 is 34.5 Å². The van der Waals surface area contributed by atoms with Crippen LogP contribution in [0.15, 0.2) is 48.7 Å². The van der Waals surface area contributed by atoms with Gasteiger partial charge in [-0.15, -0.1) is 0 Å². The zero-order valence-electron chi connectivity index (χ0n) is 28.5. The molecule has 3 aromatic rings. The van der Waals surface area contributed by atoms with E-state index in [0.29, 0.717) is 53.7 Å². The van der Waals surface area contributed by atoms with E-state index in [1.54, 1.807) is 24.7 Å². The van der Waals surface area contributed by atoms with Gasteiger partial charge >= 0.3 is 5.97 Å². The van der Waals surface area contributed by atoms with Gasteiger partial charge in [-0.3, -0.25) is 9.21 Å². The van der Waals surface area contributed by atoms with Crippen molar-refractivity contribution < 1.29 is 28.0 Å². The third-order valence-electron chi connectivity index (χ3n) is 7.36. The Morgan fingerprint density at radius 2 is 1.75 bits per heavy atom. The van der Waals surface area contributed by atoms with E-state index < -0.39 is 16.6 Å². The summed E-state index contributed by atoms with van der Waals surface area (Å²) in [4.78, 5) is 25.4. The van der Waals surface area contributed by atoms with Crippen molar-refractivity contribution in [1.82, 2.24) is 14.9 Å². The monoisotopic (exact) mass is 703 g/mol. The Morgan fingerprint density at radius 1 is 1.02 bits per heavy atom. The van der Waals surface area contributed by atoms with Crippen molar-refractivity contribution >= 4 is 63.1 Å². The molecule has 1 unspecified atom stereocenters. The Labute approximate surface area is 290 Å². The quantitative estimate of drug-likeness (QED) is 0.156. The highest BCUT2D eigenvalue weighted by molar-refractivity contribution is 7.85. The van der Waals surface area contributed by atoms with Crippen LogP contribution < -0.4 is 24.6 Å². The maximum atomic E-state index is 12.1. The molecule has 0 saturated carbocycles. The molecule has 0 spiro atoms. The van der Waals surface area contributed by atoms with E-state index in [2.05, 4.69) is 30.4 Å². The first-order chi connectivity index (χ1) is 22.9. The number of ether oxygens (including phenoxy) is 4. The number of nitrogens with zero attached hydrogens (tertiary/aromatic N) is 5. The predicted octanol–water partition coefficient (Wildman–Crippen LogP) is 4.85. The number of methoxy groups -OCH3 is 1. The highest BCUT2D eigenvalue weighted by atomic mass is 35.5. The summed E-state index contributed by atoms with van der Waals surface area (Å²) in [6, 6.07) is 13.5. The van der Waals surface area contributed by atoms with Gasteiger partial charge in [-0.05, 0) is 45.0 Å².